The van der Waals surface area contributed by atoms with E-state index >= 15 is 0 Å². The molecular formula is C19H28N4O2. The number of nitrogens with zero attached hydrogens (tertiary/aromatic N) is 4. The van der Waals surface area contributed by atoms with Crippen LogP contribution in [0.3, 0.4) is 0 Å². The second-order valence-electron chi connectivity index (χ2n) is 7.33. The lowest BCUT2D eigenvalue weighted by atomic mass is 10.1. The fourth-order valence-corrected chi connectivity index (χ4v) is 3.66. The molecule has 0 aliphatic carbocycles. The first-order valence-corrected chi connectivity index (χ1v) is 9.13. The minimum Gasteiger partial charge on any atom is -0.361 e. The van der Waals surface area contributed by atoms with E-state index in [1.54, 1.807) is 0 Å². The van der Waals surface area contributed by atoms with Gasteiger partial charge in [-0.2, -0.15) is 5.10 Å². The van der Waals surface area contributed by atoms with Crippen molar-refractivity contribution in [1.29, 1.82) is 0 Å². The van der Waals surface area contributed by atoms with Gasteiger partial charge in [-0.1, -0.05) is 19.0 Å². The Labute approximate surface area is 149 Å². The predicted octanol–water partition coefficient (Wildman–Crippen LogP) is 3.44. The van der Waals surface area contributed by atoms with Crippen molar-refractivity contribution >= 4 is 5.91 Å². The molecule has 1 amide bonds. The molecule has 0 radical (unpaired) electrons. The Bertz CT molecular complexity index is 760. The number of rotatable bonds is 5. The van der Waals surface area contributed by atoms with E-state index in [4.69, 9.17) is 4.52 Å². The van der Waals surface area contributed by atoms with Gasteiger partial charge in [0.25, 0.3) is 0 Å². The zero-order chi connectivity index (χ0) is 18.1. The molecule has 0 aromatic carbocycles. The fourth-order valence-electron chi connectivity index (χ4n) is 3.66. The van der Waals surface area contributed by atoms with Crippen LogP contribution in [0.5, 0.6) is 0 Å². The van der Waals surface area contributed by atoms with Crippen LogP contribution in [-0.2, 0) is 18.3 Å². The smallest absolute Gasteiger partial charge is 0.223 e. The fraction of sp³-hybridized carbons (Fsp3) is 0.632. The van der Waals surface area contributed by atoms with E-state index in [2.05, 4.69) is 31.0 Å². The number of likely N-dealkylation sites (tertiary alicyclic amines) is 1. The summed E-state index contributed by atoms with van der Waals surface area (Å²) in [4.78, 5) is 14.8. The summed E-state index contributed by atoms with van der Waals surface area (Å²) >= 11 is 0. The Kier molecular flexibility index (Phi) is 4.97. The number of carbonyl (C=O) groups excluding carboxylic acids is 1. The average molecular weight is 344 g/mol. The molecule has 1 aliphatic rings. The molecular weight excluding hydrogens is 316 g/mol. The van der Waals surface area contributed by atoms with Crippen LogP contribution in [0.1, 0.15) is 73.5 Å². The van der Waals surface area contributed by atoms with E-state index in [-0.39, 0.29) is 11.9 Å². The van der Waals surface area contributed by atoms with Crippen molar-refractivity contribution in [2.75, 3.05) is 6.54 Å². The standard InChI is InChI=1S/C19H28N4O2/c1-12(2)18-11-16(21-25-18)17-7-6-10-23(17)19(24)9-8-15-13(3)20-22(5)14(15)4/h11-12,17H,6-10H2,1-5H3/t17-/m1/s1. The number of carbonyl (C=O) groups is 1. The molecule has 6 nitrogen and oxygen atoms in total. The van der Waals surface area contributed by atoms with Crippen LogP contribution in [0.4, 0.5) is 0 Å². The Balaban J connectivity index is 1.68. The first kappa shape index (κ1) is 17.7. The lowest BCUT2D eigenvalue weighted by Crippen LogP contribution is -2.31. The first-order chi connectivity index (χ1) is 11.9. The summed E-state index contributed by atoms with van der Waals surface area (Å²) in [5.74, 6) is 1.39. The Hall–Kier alpha value is -2.11. The minimum absolute atomic E-state index is 0.0554. The van der Waals surface area contributed by atoms with Crippen LogP contribution >= 0.6 is 0 Å². The van der Waals surface area contributed by atoms with E-state index < -0.39 is 0 Å². The maximum atomic E-state index is 12.8. The molecule has 0 spiro atoms. The predicted molar refractivity (Wildman–Crippen MR) is 95.3 cm³/mol. The normalized spacial score (nSPS) is 17.7. The van der Waals surface area contributed by atoms with E-state index in [9.17, 15) is 4.79 Å². The van der Waals surface area contributed by atoms with Crippen molar-refractivity contribution in [3.8, 4) is 0 Å². The monoisotopic (exact) mass is 344 g/mol. The van der Waals surface area contributed by atoms with Crippen molar-refractivity contribution in [3.05, 3.63) is 34.5 Å². The van der Waals surface area contributed by atoms with Crippen LogP contribution in [0.25, 0.3) is 0 Å². The summed E-state index contributed by atoms with van der Waals surface area (Å²) in [6.45, 7) is 9.04. The average Bonchev–Trinajstić information content (AvgIpc) is 3.26. The molecule has 2 aromatic heterocycles. The largest absolute Gasteiger partial charge is 0.361 e. The molecule has 25 heavy (non-hydrogen) atoms. The molecule has 1 saturated heterocycles. The summed E-state index contributed by atoms with van der Waals surface area (Å²) in [7, 11) is 1.95. The highest BCUT2D eigenvalue weighted by molar-refractivity contribution is 5.77. The number of hydrogen-bond acceptors (Lipinski definition) is 4. The van der Waals surface area contributed by atoms with Crippen molar-refractivity contribution in [2.45, 2.75) is 65.3 Å². The van der Waals surface area contributed by atoms with Crippen LogP contribution in [0, 0.1) is 13.8 Å². The Morgan fingerprint density at radius 1 is 1.40 bits per heavy atom. The van der Waals surface area contributed by atoms with Crippen LogP contribution < -0.4 is 0 Å². The SMILES string of the molecule is Cc1nn(C)c(C)c1CCC(=O)N1CCC[C@@H]1c1cc(C(C)C)on1. The molecule has 136 valence electrons. The van der Waals surface area contributed by atoms with Gasteiger partial charge < -0.3 is 9.42 Å². The van der Waals surface area contributed by atoms with Crippen molar-refractivity contribution < 1.29 is 9.32 Å². The van der Waals surface area contributed by atoms with Gasteiger partial charge in [-0.15, -0.1) is 0 Å². The van der Waals surface area contributed by atoms with Crippen LogP contribution in [0.2, 0.25) is 0 Å². The maximum Gasteiger partial charge on any atom is 0.223 e. The van der Waals surface area contributed by atoms with Gasteiger partial charge in [0.1, 0.15) is 11.5 Å². The van der Waals surface area contributed by atoms with Gasteiger partial charge in [0, 0.05) is 37.7 Å². The van der Waals surface area contributed by atoms with E-state index in [0.717, 1.165) is 48.6 Å². The van der Waals surface area contributed by atoms with Gasteiger partial charge >= 0.3 is 0 Å². The van der Waals surface area contributed by atoms with Gasteiger partial charge in [-0.25, -0.2) is 0 Å². The van der Waals surface area contributed by atoms with E-state index in [1.807, 2.05) is 29.6 Å². The summed E-state index contributed by atoms with van der Waals surface area (Å²) in [5, 5.41) is 8.66. The van der Waals surface area contributed by atoms with Gasteiger partial charge in [0.05, 0.1) is 11.7 Å². The van der Waals surface area contributed by atoms with Crippen LogP contribution in [0.15, 0.2) is 10.6 Å². The van der Waals surface area contributed by atoms with Gasteiger partial charge in [-0.05, 0) is 38.7 Å². The summed E-state index contributed by atoms with van der Waals surface area (Å²) in [6, 6.07) is 2.07. The number of aromatic nitrogens is 3. The lowest BCUT2D eigenvalue weighted by molar-refractivity contribution is -0.132. The third-order valence-corrected chi connectivity index (χ3v) is 5.28. The highest BCUT2D eigenvalue weighted by Crippen LogP contribution is 2.33. The zero-order valence-corrected chi connectivity index (χ0v) is 15.9. The van der Waals surface area contributed by atoms with E-state index in [1.165, 1.54) is 5.56 Å². The topological polar surface area (TPSA) is 64.2 Å². The molecule has 0 bridgehead atoms. The highest BCUT2D eigenvalue weighted by Gasteiger charge is 2.32. The highest BCUT2D eigenvalue weighted by atomic mass is 16.5. The molecule has 0 saturated carbocycles. The quantitative estimate of drug-likeness (QED) is 0.833. The number of hydrogen-bond donors (Lipinski definition) is 0. The summed E-state index contributed by atoms with van der Waals surface area (Å²) in [5.41, 5.74) is 4.24. The summed E-state index contributed by atoms with van der Waals surface area (Å²) in [6.07, 6.45) is 3.23. The minimum atomic E-state index is 0.0554. The van der Waals surface area contributed by atoms with Crippen molar-refractivity contribution in [3.63, 3.8) is 0 Å². The van der Waals surface area contributed by atoms with Crippen LogP contribution in [-0.4, -0.2) is 32.3 Å². The first-order valence-electron chi connectivity index (χ1n) is 9.13. The Morgan fingerprint density at radius 2 is 2.16 bits per heavy atom. The molecule has 1 atom stereocenters. The third-order valence-electron chi connectivity index (χ3n) is 5.28. The van der Waals surface area contributed by atoms with Gasteiger partial charge in [-0.3, -0.25) is 9.48 Å². The second kappa shape index (κ2) is 7.02. The lowest BCUT2D eigenvalue weighted by Gasteiger charge is -2.23. The molecule has 3 rings (SSSR count). The zero-order valence-electron chi connectivity index (χ0n) is 15.9. The van der Waals surface area contributed by atoms with Crippen molar-refractivity contribution in [1.82, 2.24) is 19.8 Å². The van der Waals surface area contributed by atoms with Gasteiger partial charge in [0.15, 0.2) is 0 Å². The van der Waals surface area contributed by atoms with E-state index in [0.29, 0.717) is 12.3 Å². The summed E-state index contributed by atoms with van der Waals surface area (Å²) < 4.78 is 7.32. The Morgan fingerprint density at radius 3 is 2.76 bits per heavy atom. The molecule has 0 unspecified atom stereocenters. The molecule has 3 heterocycles. The number of amides is 1. The maximum absolute atomic E-state index is 12.8. The molecule has 2 aromatic rings. The molecule has 0 N–H and O–H groups in total. The number of aryl methyl sites for hydroxylation is 2. The molecule has 1 fully saturated rings. The second-order valence-corrected chi connectivity index (χ2v) is 7.33. The molecule has 6 heteroatoms. The van der Waals surface area contributed by atoms with Gasteiger partial charge in [0.2, 0.25) is 5.91 Å². The third kappa shape index (κ3) is 3.48. The van der Waals surface area contributed by atoms with Crippen molar-refractivity contribution in [2.24, 2.45) is 7.05 Å². The molecule has 1 aliphatic heterocycles.